The second-order valence-corrected chi connectivity index (χ2v) is 9.13. The molecule has 0 atom stereocenters. The van der Waals surface area contributed by atoms with E-state index in [1.165, 1.54) is 29.5 Å². The Morgan fingerprint density at radius 1 is 1.03 bits per heavy atom. The van der Waals surface area contributed by atoms with Gasteiger partial charge in [0.05, 0.1) is 16.2 Å². The van der Waals surface area contributed by atoms with Gasteiger partial charge < -0.3 is 9.67 Å². The summed E-state index contributed by atoms with van der Waals surface area (Å²) in [4.78, 5) is 31.3. The number of carboxylic acids is 1. The van der Waals surface area contributed by atoms with Crippen molar-refractivity contribution in [1.82, 2.24) is 9.47 Å². The zero-order valence-corrected chi connectivity index (χ0v) is 19.9. The topological polar surface area (TPSA) is 74.9 Å². The number of aromatic carboxylic acids is 1. The first-order valence-corrected chi connectivity index (χ1v) is 12.1. The molecule has 35 heavy (non-hydrogen) atoms. The summed E-state index contributed by atoms with van der Waals surface area (Å²) < 4.78 is 2.20. The number of rotatable bonds is 6. The lowest BCUT2D eigenvalue weighted by Crippen LogP contribution is -2.28. The van der Waals surface area contributed by atoms with Gasteiger partial charge in [-0.05, 0) is 54.6 Å². The van der Waals surface area contributed by atoms with Crippen LogP contribution in [-0.4, -0.2) is 38.2 Å². The van der Waals surface area contributed by atoms with Gasteiger partial charge in [-0.1, -0.05) is 54.6 Å². The molecule has 0 spiro atoms. The van der Waals surface area contributed by atoms with Crippen molar-refractivity contribution in [2.75, 3.05) is 6.54 Å². The number of carboxylic acid groups (broad SMARTS) is 1. The number of thioether (sulfide) groups is 1. The van der Waals surface area contributed by atoms with Crippen molar-refractivity contribution in [1.29, 1.82) is 0 Å². The molecule has 1 amide bonds. The molecule has 3 aromatic carbocycles. The summed E-state index contributed by atoms with van der Waals surface area (Å²) in [5, 5.41) is 10.9. The van der Waals surface area contributed by atoms with Gasteiger partial charge in [-0.2, -0.15) is 0 Å². The van der Waals surface area contributed by atoms with E-state index in [1.807, 2.05) is 43.3 Å². The van der Waals surface area contributed by atoms with E-state index in [-0.39, 0.29) is 11.5 Å². The van der Waals surface area contributed by atoms with Crippen LogP contribution in [0.5, 0.6) is 0 Å². The number of fused-ring (bicyclic) bond motifs is 1. The summed E-state index contributed by atoms with van der Waals surface area (Å²) in [6, 6.07) is 24.9. The third-order valence-electron chi connectivity index (χ3n) is 5.82. The summed E-state index contributed by atoms with van der Waals surface area (Å²) in [5.74, 6) is -1.12. The maximum atomic E-state index is 13.2. The molecule has 174 valence electrons. The van der Waals surface area contributed by atoms with Crippen LogP contribution in [0.2, 0.25) is 0 Å². The van der Waals surface area contributed by atoms with E-state index < -0.39 is 5.97 Å². The van der Waals surface area contributed by atoms with Gasteiger partial charge in [0.25, 0.3) is 5.91 Å². The van der Waals surface area contributed by atoms with Gasteiger partial charge in [-0.25, -0.2) is 9.79 Å². The standard InChI is InChI=1S/C28H23N3O3S/c1-2-31-26(32)25(35-28(31)29-22-12-8-11-20(15-22)27(33)34)16-21-18-30(17-19-9-4-3-5-10-19)24-14-7-6-13-23(21)24/h3-16,18H,2,17H2,1H3,(H,33,34). The molecule has 0 saturated carbocycles. The summed E-state index contributed by atoms with van der Waals surface area (Å²) in [6.07, 6.45) is 4.01. The molecule has 7 heteroatoms. The number of carbonyl (C=O) groups is 2. The van der Waals surface area contributed by atoms with Crippen molar-refractivity contribution < 1.29 is 14.7 Å². The summed E-state index contributed by atoms with van der Waals surface area (Å²) in [5.41, 5.74) is 3.93. The van der Waals surface area contributed by atoms with Crippen molar-refractivity contribution in [2.24, 2.45) is 4.99 Å². The predicted octanol–water partition coefficient (Wildman–Crippen LogP) is 6.01. The molecule has 0 bridgehead atoms. The highest BCUT2D eigenvalue weighted by Gasteiger charge is 2.32. The lowest BCUT2D eigenvalue weighted by molar-refractivity contribution is -0.122. The smallest absolute Gasteiger partial charge is 0.335 e. The lowest BCUT2D eigenvalue weighted by atomic mass is 10.1. The summed E-state index contributed by atoms with van der Waals surface area (Å²) in [6.45, 7) is 3.10. The lowest BCUT2D eigenvalue weighted by Gasteiger charge is -2.12. The third kappa shape index (κ3) is 4.63. The van der Waals surface area contributed by atoms with Crippen LogP contribution in [0.3, 0.4) is 0 Å². The van der Waals surface area contributed by atoms with E-state index in [0.29, 0.717) is 22.3 Å². The van der Waals surface area contributed by atoms with E-state index in [1.54, 1.807) is 17.0 Å². The average Bonchev–Trinajstić information content (AvgIpc) is 3.36. The quantitative estimate of drug-likeness (QED) is 0.342. The molecule has 0 unspecified atom stereocenters. The molecule has 1 saturated heterocycles. The van der Waals surface area contributed by atoms with Crippen LogP contribution in [0.15, 0.2) is 95.0 Å². The van der Waals surface area contributed by atoms with Crippen molar-refractivity contribution >= 4 is 51.5 Å². The van der Waals surface area contributed by atoms with Crippen LogP contribution in [-0.2, 0) is 11.3 Å². The third-order valence-corrected chi connectivity index (χ3v) is 6.83. The minimum Gasteiger partial charge on any atom is -0.478 e. The Hall–Kier alpha value is -4.10. The zero-order valence-electron chi connectivity index (χ0n) is 19.1. The van der Waals surface area contributed by atoms with Crippen LogP contribution < -0.4 is 0 Å². The van der Waals surface area contributed by atoms with E-state index in [9.17, 15) is 14.7 Å². The second kappa shape index (κ2) is 9.64. The minimum atomic E-state index is -1.01. The largest absolute Gasteiger partial charge is 0.478 e. The number of benzene rings is 3. The molecule has 4 aromatic rings. The Morgan fingerprint density at radius 2 is 1.80 bits per heavy atom. The van der Waals surface area contributed by atoms with Gasteiger partial charge in [0.15, 0.2) is 5.17 Å². The summed E-state index contributed by atoms with van der Waals surface area (Å²) >= 11 is 1.31. The van der Waals surface area contributed by atoms with E-state index >= 15 is 0 Å². The molecule has 2 heterocycles. The zero-order chi connectivity index (χ0) is 24.4. The first-order chi connectivity index (χ1) is 17.0. The highest BCUT2D eigenvalue weighted by Crippen LogP contribution is 2.35. The van der Waals surface area contributed by atoms with Crippen molar-refractivity contribution in [2.45, 2.75) is 13.5 Å². The fourth-order valence-corrected chi connectivity index (χ4v) is 5.18. The number of aliphatic imine (C=N–C) groups is 1. The van der Waals surface area contributed by atoms with Gasteiger partial charge >= 0.3 is 5.97 Å². The maximum absolute atomic E-state index is 13.2. The van der Waals surface area contributed by atoms with E-state index in [0.717, 1.165) is 23.0 Å². The Morgan fingerprint density at radius 3 is 2.57 bits per heavy atom. The Labute approximate surface area is 207 Å². The molecular weight excluding hydrogens is 458 g/mol. The first kappa shape index (κ1) is 22.7. The maximum Gasteiger partial charge on any atom is 0.335 e. The number of amidine groups is 1. The number of aromatic nitrogens is 1. The van der Waals surface area contributed by atoms with Crippen LogP contribution in [0, 0.1) is 0 Å². The van der Waals surface area contributed by atoms with Gasteiger partial charge in [-0.15, -0.1) is 0 Å². The van der Waals surface area contributed by atoms with Crippen molar-refractivity contribution in [3.63, 3.8) is 0 Å². The average molecular weight is 482 g/mol. The number of carbonyl (C=O) groups excluding carboxylic acids is 1. The van der Waals surface area contributed by atoms with Gasteiger partial charge in [0.1, 0.15) is 0 Å². The van der Waals surface area contributed by atoms with Gasteiger partial charge in [0, 0.05) is 35.8 Å². The van der Waals surface area contributed by atoms with Crippen LogP contribution in [0.4, 0.5) is 5.69 Å². The van der Waals surface area contributed by atoms with Gasteiger partial charge in [-0.3, -0.25) is 9.69 Å². The van der Waals surface area contributed by atoms with Crippen LogP contribution >= 0.6 is 11.8 Å². The molecule has 0 aliphatic carbocycles. The Balaban J connectivity index is 1.51. The number of likely N-dealkylation sites (N-methyl/N-ethyl adjacent to an activating group) is 1. The fraction of sp³-hybridized carbons (Fsp3) is 0.107. The number of hydrogen-bond acceptors (Lipinski definition) is 4. The highest BCUT2D eigenvalue weighted by atomic mass is 32.2. The van der Waals surface area contributed by atoms with Crippen LogP contribution in [0.1, 0.15) is 28.4 Å². The normalized spacial score (nSPS) is 16.0. The molecule has 1 aromatic heterocycles. The van der Waals surface area contributed by atoms with Crippen LogP contribution in [0.25, 0.3) is 17.0 Å². The minimum absolute atomic E-state index is 0.106. The number of hydrogen-bond donors (Lipinski definition) is 1. The van der Waals surface area contributed by atoms with Crippen molar-refractivity contribution in [3.05, 3.63) is 107 Å². The monoisotopic (exact) mass is 481 g/mol. The second-order valence-electron chi connectivity index (χ2n) is 8.13. The molecule has 0 radical (unpaired) electrons. The molecule has 5 rings (SSSR count). The SMILES string of the molecule is CCN1C(=O)C(=Cc2cn(Cc3ccccc3)c3ccccc23)SC1=Nc1cccc(C(=O)O)c1. The number of para-hydroxylation sites is 1. The first-order valence-electron chi connectivity index (χ1n) is 11.3. The fourth-order valence-electron chi connectivity index (χ4n) is 4.13. The van der Waals surface area contributed by atoms with E-state index in [2.05, 4.69) is 40.0 Å². The molecule has 1 aliphatic rings. The van der Waals surface area contributed by atoms with E-state index in [4.69, 9.17) is 0 Å². The Bertz CT molecular complexity index is 1490. The molecule has 1 aliphatic heterocycles. The summed E-state index contributed by atoms with van der Waals surface area (Å²) in [7, 11) is 0. The molecule has 1 fully saturated rings. The van der Waals surface area contributed by atoms with Gasteiger partial charge in [0.2, 0.25) is 0 Å². The Kier molecular flexibility index (Phi) is 6.25. The number of amides is 1. The predicted molar refractivity (Wildman–Crippen MR) is 141 cm³/mol. The number of nitrogens with zero attached hydrogens (tertiary/aromatic N) is 3. The molecule has 6 nitrogen and oxygen atoms in total. The highest BCUT2D eigenvalue weighted by molar-refractivity contribution is 8.18. The molecule has 1 N–H and O–H groups in total. The van der Waals surface area contributed by atoms with Crippen molar-refractivity contribution in [3.8, 4) is 0 Å². The molecular formula is C28H23N3O3S.